The van der Waals surface area contributed by atoms with Gasteiger partial charge in [-0.15, -0.1) is 0 Å². The molecule has 4 rings (SSSR count). The van der Waals surface area contributed by atoms with Gasteiger partial charge in [-0.05, 0) is 54.5 Å². The summed E-state index contributed by atoms with van der Waals surface area (Å²) >= 11 is 0. The molecule has 4 N–H and O–H groups in total. The molecule has 1 aliphatic heterocycles. The molecule has 1 saturated carbocycles. The maximum absolute atomic E-state index is 13.8. The number of imide groups is 1. The van der Waals surface area contributed by atoms with E-state index in [9.17, 15) is 31.2 Å². The fourth-order valence-electron chi connectivity index (χ4n) is 5.19. The highest BCUT2D eigenvalue weighted by atomic mass is 32.2. The molecule has 0 unspecified atom stereocenters. The number of nitrogens with one attached hydrogen (secondary N) is 2. The Kier molecular flexibility index (Phi) is 9.92. The molecule has 43 heavy (non-hydrogen) atoms. The number of nitrogens with zero attached hydrogens (tertiary/aromatic N) is 4. The van der Waals surface area contributed by atoms with Crippen molar-refractivity contribution in [3.63, 3.8) is 0 Å². The standard InChI is InChI=1S/C27H37N7O7S2/c1-32(16-19-6-5-13-33(17-19)18-29-28)25(35)15-24(26(36)34(22-10-11-22)27(37)31-42(2,38)39)30-43(40,41)23-12-9-20-7-3-4-8-21(20)14-23/h3-4,7-9,12,14,18-19,22,24,30H,5-6,10-11,13,15-17,28H2,1-2H3,(H,31,37)/t19-,24+/m1/s1. The molecule has 1 aliphatic carbocycles. The van der Waals surface area contributed by atoms with Gasteiger partial charge in [0.2, 0.25) is 31.9 Å². The van der Waals surface area contributed by atoms with Gasteiger partial charge in [-0.3, -0.25) is 14.5 Å². The number of urea groups is 1. The summed E-state index contributed by atoms with van der Waals surface area (Å²) in [4.78, 5) is 44.0. The molecule has 0 radical (unpaired) electrons. The van der Waals surface area contributed by atoms with E-state index in [1.807, 2.05) is 17.0 Å². The van der Waals surface area contributed by atoms with Gasteiger partial charge in [-0.25, -0.2) is 26.4 Å². The molecule has 1 saturated heterocycles. The van der Waals surface area contributed by atoms with Crippen LogP contribution in [0.25, 0.3) is 10.8 Å². The Balaban J connectivity index is 1.58. The fourth-order valence-corrected chi connectivity index (χ4v) is 6.83. The van der Waals surface area contributed by atoms with Crippen molar-refractivity contribution in [1.29, 1.82) is 0 Å². The van der Waals surface area contributed by atoms with Gasteiger partial charge in [0.15, 0.2) is 0 Å². The van der Waals surface area contributed by atoms with Crippen molar-refractivity contribution in [3.8, 4) is 0 Å². The Labute approximate surface area is 251 Å². The zero-order valence-corrected chi connectivity index (χ0v) is 25.7. The highest BCUT2D eigenvalue weighted by molar-refractivity contribution is 7.89. The predicted octanol–water partition coefficient (Wildman–Crippen LogP) is 0.609. The molecule has 2 atom stereocenters. The van der Waals surface area contributed by atoms with Crippen LogP contribution >= 0.6 is 0 Å². The van der Waals surface area contributed by atoms with Crippen LogP contribution in [-0.4, -0.2) is 101 Å². The van der Waals surface area contributed by atoms with E-state index in [0.29, 0.717) is 36.2 Å². The summed E-state index contributed by atoms with van der Waals surface area (Å²) in [5.74, 6) is 3.82. The SMILES string of the molecule is CN(C[C@H]1CCCN(C=NN)C1)C(=O)C[C@H](NS(=O)(=O)c1ccc2ccccc2c1)C(=O)N(C(=O)NS(C)(=O)=O)C1CC1. The van der Waals surface area contributed by atoms with Crippen LogP contribution in [0.2, 0.25) is 0 Å². The van der Waals surface area contributed by atoms with Crippen molar-refractivity contribution in [3.05, 3.63) is 42.5 Å². The van der Waals surface area contributed by atoms with E-state index in [4.69, 9.17) is 5.84 Å². The van der Waals surface area contributed by atoms with Gasteiger partial charge in [-0.2, -0.15) is 9.82 Å². The van der Waals surface area contributed by atoms with Crippen molar-refractivity contribution in [2.24, 2.45) is 16.9 Å². The largest absolute Gasteiger partial charge is 0.361 e. The van der Waals surface area contributed by atoms with Crippen LogP contribution in [0.4, 0.5) is 4.79 Å². The maximum Gasteiger partial charge on any atom is 0.338 e. The summed E-state index contributed by atoms with van der Waals surface area (Å²) in [6.45, 7) is 1.75. The quantitative estimate of drug-likeness (QED) is 0.137. The molecule has 4 amide bonds. The third-order valence-electron chi connectivity index (χ3n) is 7.38. The van der Waals surface area contributed by atoms with Crippen molar-refractivity contribution in [1.82, 2.24) is 24.1 Å². The van der Waals surface area contributed by atoms with Gasteiger partial charge >= 0.3 is 6.03 Å². The number of hydrazone groups is 1. The van der Waals surface area contributed by atoms with E-state index in [1.165, 1.54) is 23.4 Å². The first-order chi connectivity index (χ1) is 20.3. The second-order valence-electron chi connectivity index (χ2n) is 11.0. The molecule has 234 valence electrons. The van der Waals surface area contributed by atoms with E-state index < -0.39 is 56.4 Å². The van der Waals surface area contributed by atoms with Crippen molar-refractivity contribution < 1.29 is 31.2 Å². The molecular formula is C27H37N7O7S2. The lowest BCUT2D eigenvalue weighted by atomic mass is 9.97. The van der Waals surface area contributed by atoms with E-state index in [0.717, 1.165) is 31.0 Å². The number of piperidine rings is 1. The number of nitrogens with two attached hydrogens (primary N) is 1. The van der Waals surface area contributed by atoms with E-state index in [1.54, 1.807) is 30.0 Å². The Morgan fingerprint density at radius 3 is 2.44 bits per heavy atom. The van der Waals surface area contributed by atoms with Crippen LogP contribution in [0, 0.1) is 5.92 Å². The van der Waals surface area contributed by atoms with Gasteiger partial charge < -0.3 is 15.6 Å². The number of sulfonamides is 2. The number of hydrogen-bond donors (Lipinski definition) is 3. The second-order valence-corrected chi connectivity index (χ2v) is 14.5. The molecule has 0 spiro atoms. The summed E-state index contributed by atoms with van der Waals surface area (Å²) in [6, 6.07) is 8.10. The topological polar surface area (TPSA) is 192 Å². The number of amides is 4. The van der Waals surface area contributed by atoms with Crippen LogP contribution < -0.4 is 15.3 Å². The van der Waals surface area contributed by atoms with Crippen LogP contribution in [0.3, 0.4) is 0 Å². The molecular weight excluding hydrogens is 598 g/mol. The van der Waals surface area contributed by atoms with Gasteiger partial charge in [0, 0.05) is 32.7 Å². The van der Waals surface area contributed by atoms with Gasteiger partial charge in [0.25, 0.3) is 0 Å². The number of likely N-dealkylation sites (tertiary alicyclic amines) is 1. The highest BCUT2D eigenvalue weighted by Crippen LogP contribution is 2.29. The average Bonchev–Trinajstić information content (AvgIpc) is 3.77. The number of carbonyl (C=O) groups excluding carboxylic acids is 3. The number of fused-ring (bicyclic) bond motifs is 1. The number of carbonyl (C=O) groups is 3. The molecule has 16 heteroatoms. The molecule has 2 aliphatic rings. The summed E-state index contributed by atoms with van der Waals surface area (Å²) < 4.78 is 54.7. The van der Waals surface area contributed by atoms with Crippen LogP contribution in [0.15, 0.2) is 52.5 Å². The summed E-state index contributed by atoms with van der Waals surface area (Å²) in [6.07, 6.45) is 4.29. The molecule has 2 aromatic carbocycles. The number of hydrogen-bond acceptors (Lipinski definition) is 9. The van der Waals surface area contributed by atoms with Crippen LogP contribution in [0.5, 0.6) is 0 Å². The lowest BCUT2D eigenvalue weighted by Crippen LogP contribution is -2.55. The van der Waals surface area contributed by atoms with Gasteiger partial charge in [0.05, 0.1) is 17.6 Å². The van der Waals surface area contributed by atoms with Crippen LogP contribution in [0.1, 0.15) is 32.1 Å². The molecule has 2 aromatic rings. The van der Waals surface area contributed by atoms with Crippen LogP contribution in [-0.2, 0) is 29.6 Å². The minimum atomic E-state index is -4.36. The van der Waals surface area contributed by atoms with Gasteiger partial charge in [-0.1, -0.05) is 30.3 Å². The lowest BCUT2D eigenvalue weighted by Gasteiger charge is -2.34. The Morgan fingerprint density at radius 1 is 1.09 bits per heavy atom. The first-order valence-electron chi connectivity index (χ1n) is 13.8. The monoisotopic (exact) mass is 635 g/mol. The van der Waals surface area contributed by atoms with Crippen molar-refractivity contribution >= 4 is 55.0 Å². The Morgan fingerprint density at radius 2 is 1.79 bits per heavy atom. The van der Waals surface area contributed by atoms with E-state index >= 15 is 0 Å². The summed E-state index contributed by atoms with van der Waals surface area (Å²) in [5.41, 5.74) is 0. The first kappa shape index (κ1) is 32.2. The smallest absolute Gasteiger partial charge is 0.338 e. The minimum absolute atomic E-state index is 0.0904. The Hall–Kier alpha value is -3.76. The lowest BCUT2D eigenvalue weighted by molar-refractivity contribution is -0.137. The van der Waals surface area contributed by atoms with Crippen molar-refractivity contribution in [2.75, 3.05) is 32.9 Å². The molecule has 0 aromatic heterocycles. The predicted molar refractivity (Wildman–Crippen MR) is 161 cm³/mol. The normalized spacial score (nSPS) is 18.4. The summed E-state index contributed by atoms with van der Waals surface area (Å²) in [7, 11) is -6.82. The molecule has 1 heterocycles. The zero-order chi connectivity index (χ0) is 31.4. The first-order valence-corrected chi connectivity index (χ1v) is 17.2. The average molecular weight is 636 g/mol. The fraction of sp³-hybridized carbons (Fsp3) is 0.481. The van der Waals surface area contributed by atoms with Gasteiger partial charge in [0.1, 0.15) is 12.4 Å². The second kappa shape index (κ2) is 13.3. The number of rotatable bonds is 11. The van der Waals surface area contributed by atoms with E-state index in [-0.39, 0.29) is 10.8 Å². The molecule has 0 bridgehead atoms. The minimum Gasteiger partial charge on any atom is -0.361 e. The third kappa shape index (κ3) is 8.64. The van der Waals surface area contributed by atoms with Crippen molar-refractivity contribution in [2.45, 2.75) is 49.1 Å². The molecule has 14 nitrogen and oxygen atoms in total. The number of benzene rings is 2. The zero-order valence-electron chi connectivity index (χ0n) is 24.0. The molecule has 2 fully saturated rings. The Bertz CT molecular complexity index is 1610. The van der Waals surface area contributed by atoms with E-state index in [2.05, 4.69) is 9.82 Å². The summed E-state index contributed by atoms with van der Waals surface area (Å²) in [5, 5.41) is 5.02. The highest BCUT2D eigenvalue weighted by Gasteiger charge is 2.43. The third-order valence-corrected chi connectivity index (χ3v) is 9.40. The maximum atomic E-state index is 13.8.